The molecule has 0 aliphatic carbocycles. The summed E-state index contributed by atoms with van der Waals surface area (Å²) in [6.07, 6.45) is 1.78. The molecule has 0 saturated carbocycles. The fraction of sp³-hybridized carbons (Fsp3) is 0.429. The number of carbonyl (C=O) groups is 1. The van der Waals surface area contributed by atoms with Gasteiger partial charge in [0.15, 0.2) is 0 Å². The zero-order valence-corrected chi connectivity index (χ0v) is 13.3. The predicted molar refractivity (Wildman–Crippen MR) is 85.0 cm³/mol. The first-order chi connectivity index (χ1) is 10.1. The Morgan fingerprint density at radius 1 is 1.29 bits per heavy atom. The molecule has 7 heteroatoms. The molecule has 21 heavy (non-hydrogen) atoms. The quantitative estimate of drug-likeness (QED) is 0.858. The van der Waals surface area contributed by atoms with E-state index in [4.69, 9.17) is 0 Å². The van der Waals surface area contributed by atoms with Crippen molar-refractivity contribution in [1.82, 2.24) is 14.3 Å². The number of aryl methyl sites for hydroxylation is 2. The Hall–Kier alpha value is -2.02. The lowest BCUT2D eigenvalue weighted by Crippen LogP contribution is -2.14. The van der Waals surface area contributed by atoms with Crippen LogP contribution in [0, 0.1) is 6.92 Å². The van der Waals surface area contributed by atoms with Crippen LogP contribution in [0.15, 0.2) is 12.1 Å². The third kappa shape index (κ3) is 4.22. The molecule has 0 aliphatic heterocycles. The maximum absolute atomic E-state index is 12.3. The van der Waals surface area contributed by atoms with Gasteiger partial charge in [-0.25, -0.2) is 9.97 Å². The van der Waals surface area contributed by atoms with E-state index in [-0.39, 0.29) is 5.91 Å². The van der Waals surface area contributed by atoms with Gasteiger partial charge >= 0.3 is 0 Å². The highest BCUT2D eigenvalue weighted by molar-refractivity contribution is 7.09. The molecule has 2 heterocycles. The van der Waals surface area contributed by atoms with Crippen molar-refractivity contribution in [2.24, 2.45) is 0 Å². The van der Waals surface area contributed by atoms with E-state index in [0.29, 0.717) is 16.5 Å². The Bertz CT molecular complexity index is 626. The molecule has 2 aromatic rings. The van der Waals surface area contributed by atoms with Gasteiger partial charge in [0.1, 0.15) is 11.6 Å². The monoisotopic (exact) mass is 305 g/mol. The Labute approximate surface area is 128 Å². The van der Waals surface area contributed by atoms with Gasteiger partial charge in [-0.05, 0) is 31.9 Å². The van der Waals surface area contributed by atoms with Gasteiger partial charge in [-0.3, -0.25) is 10.1 Å². The molecule has 0 atom stereocenters. The van der Waals surface area contributed by atoms with Gasteiger partial charge < -0.3 is 5.32 Å². The Morgan fingerprint density at radius 2 is 2.10 bits per heavy atom. The van der Waals surface area contributed by atoms with Crippen LogP contribution in [0.4, 0.5) is 10.9 Å². The molecule has 112 valence electrons. The highest BCUT2D eigenvalue weighted by atomic mass is 32.1. The number of nitrogens with zero attached hydrogens (tertiary/aromatic N) is 3. The summed E-state index contributed by atoms with van der Waals surface area (Å²) in [6.45, 7) is 6.72. The molecule has 2 N–H and O–H groups in total. The van der Waals surface area contributed by atoms with E-state index < -0.39 is 0 Å². The number of carbonyl (C=O) groups excluding carboxylic acids is 1. The summed E-state index contributed by atoms with van der Waals surface area (Å²) >= 11 is 1.18. The third-order valence-electron chi connectivity index (χ3n) is 2.81. The van der Waals surface area contributed by atoms with Crippen molar-refractivity contribution in [3.8, 4) is 0 Å². The zero-order valence-electron chi connectivity index (χ0n) is 12.4. The maximum atomic E-state index is 12.3. The lowest BCUT2D eigenvalue weighted by atomic mass is 10.2. The van der Waals surface area contributed by atoms with Crippen molar-refractivity contribution in [2.75, 3.05) is 17.2 Å². The number of rotatable bonds is 6. The van der Waals surface area contributed by atoms with Crippen LogP contribution < -0.4 is 10.6 Å². The fourth-order valence-corrected chi connectivity index (χ4v) is 2.33. The average Bonchev–Trinajstić information content (AvgIpc) is 2.89. The summed E-state index contributed by atoms with van der Waals surface area (Å²) in [5.74, 6) is 1.20. The van der Waals surface area contributed by atoms with Crippen LogP contribution in [-0.4, -0.2) is 26.8 Å². The van der Waals surface area contributed by atoms with Gasteiger partial charge in [-0.1, -0.05) is 13.8 Å². The number of pyridine rings is 1. The second-order valence-electron chi connectivity index (χ2n) is 4.61. The summed E-state index contributed by atoms with van der Waals surface area (Å²) < 4.78 is 4.05. The summed E-state index contributed by atoms with van der Waals surface area (Å²) in [7, 11) is 0. The van der Waals surface area contributed by atoms with E-state index in [1.807, 2.05) is 6.92 Å². The van der Waals surface area contributed by atoms with Gasteiger partial charge in [0.25, 0.3) is 5.91 Å². The Morgan fingerprint density at radius 3 is 2.71 bits per heavy atom. The van der Waals surface area contributed by atoms with Gasteiger partial charge in [0.05, 0.1) is 0 Å². The maximum Gasteiger partial charge on any atom is 0.257 e. The van der Waals surface area contributed by atoms with Gasteiger partial charge in [0.2, 0.25) is 5.13 Å². The van der Waals surface area contributed by atoms with Crippen molar-refractivity contribution in [3.05, 3.63) is 29.2 Å². The summed E-state index contributed by atoms with van der Waals surface area (Å²) in [6, 6.07) is 3.57. The molecule has 0 unspecified atom stereocenters. The number of amides is 1. The fourth-order valence-electron chi connectivity index (χ4n) is 1.76. The minimum Gasteiger partial charge on any atom is -0.370 e. The Kier molecular flexibility index (Phi) is 5.21. The van der Waals surface area contributed by atoms with Crippen molar-refractivity contribution in [2.45, 2.75) is 33.6 Å². The minimum atomic E-state index is -0.192. The van der Waals surface area contributed by atoms with Crippen molar-refractivity contribution in [3.63, 3.8) is 0 Å². The van der Waals surface area contributed by atoms with Crippen molar-refractivity contribution < 1.29 is 4.79 Å². The van der Waals surface area contributed by atoms with Crippen LogP contribution in [-0.2, 0) is 6.42 Å². The standard InChI is InChI=1S/C14H19N5OS/c1-4-6-15-12-8-10(7-11(5-2)17-12)13(20)18-14-16-9(3)19-21-14/h7-8H,4-6H2,1-3H3,(H,15,17)(H,16,18,19,20). The first-order valence-electron chi connectivity index (χ1n) is 6.98. The van der Waals surface area contributed by atoms with Crippen LogP contribution in [0.1, 0.15) is 42.1 Å². The zero-order chi connectivity index (χ0) is 15.2. The third-order valence-corrected chi connectivity index (χ3v) is 3.53. The SMILES string of the molecule is CCCNc1cc(C(=O)Nc2nc(C)ns2)cc(CC)n1. The molecule has 0 bridgehead atoms. The highest BCUT2D eigenvalue weighted by Crippen LogP contribution is 2.15. The normalized spacial score (nSPS) is 10.4. The number of hydrogen-bond acceptors (Lipinski definition) is 6. The second kappa shape index (κ2) is 7.12. The molecule has 2 aromatic heterocycles. The Balaban J connectivity index is 2.18. The number of hydrogen-bond donors (Lipinski definition) is 2. The predicted octanol–water partition coefficient (Wildman–Crippen LogP) is 2.88. The lowest BCUT2D eigenvalue weighted by molar-refractivity contribution is 0.102. The number of aromatic nitrogens is 3. The molecule has 0 saturated heterocycles. The first-order valence-corrected chi connectivity index (χ1v) is 7.76. The lowest BCUT2D eigenvalue weighted by Gasteiger charge is -2.09. The van der Waals surface area contributed by atoms with Crippen molar-refractivity contribution >= 4 is 28.4 Å². The van der Waals surface area contributed by atoms with E-state index in [9.17, 15) is 4.79 Å². The van der Waals surface area contributed by atoms with Gasteiger partial charge in [-0.15, -0.1) is 0 Å². The van der Waals surface area contributed by atoms with Crippen molar-refractivity contribution in [1.29, 1.82) is 0 Å². The molecule has 0 fully saturated rings. The smallest absolute Gasteiger partial charge is 0.257 e. The average molecular weight is 305 g/mol. The summed E-state index contributed by atoms with van der Waals surface area (Å²) in [5, 5.41) is 6.49. The van der Waals surface area contributed by atoms with Crippen LogP contribution >= 0.6 is 11.5 Å². The molecule has 0 aliphatic rings. The van der Waals surface area contributed by atoms with E-state index in [2.05, 4.69) is 31.9 Å². The van der Waals surface area contributed by atoms with E-state index in [0.717, 1.165) is 30.9 Å². The number of nitrogens with one attached hydrogen (secondary N) is 2. The second-order valence-corrected chi connectivity index (χ2v) is 5.37. The largest absolute Gasteiger partial charge is 0.370 e. The molecule has 0 aromatic carbocycles. The molecule has 0 spiro atoms. The van der Waals surface area contributed by atoms with Crippen LogP contribution in [0.5, 0.6) is 0 Å². The van der Waals surface area contributed by atoms with E-state index in [1.165, 1.54) is 11.5 Å². The summed E-state index contributed by atoms with van der Waals surface area (Å²) in [5.41, 5.74) is 1.46. The molecular weight excluding hydrogens is 286 g/mol. The summed E-state index contributed by atoms with van der Waals surface area (Å²) in [4.78, 5) is 20.9. The van der Waals surface area contributed by atoms with E-state index in [1.54, 1.807) is 19.1 Å². The highest BCUT2D eigenvalue weighted by Gasteiger charge is 2.12. The molecule has 0 radical (unpaired) electrons. The van der Waals surface area contributed by atoms with Crippen LogP contribution in [0.25, 0.3) is 0 Å². The van der Waals surface area contributed by atoms with Crippen LogP contribution in [0.3, 0.4) is 0 Å². The van der Waals surface area contributed by atoms with Gasteiger partial charge in [0, 0.05) is 29.3 Å². The number of anilines is 2. The molecular formula is C14H19N5OS. The van der Waals surface area contributed by atoms with Gasteiger partial charge in [-0.2, -0.15) is 4.37 Å². The molecule has 2 rings (SSSR count). The molecule has 1 amide bonds. The van der Waals surface area contributed by atoms with E-state index >= 15 is 0 Å². The van der Waals surface area contributed by atoms with Crippen LogP contribution in [0.2, 0.25) is 0 Å². The minimum absolute atomic E-state index is 0.192. The first kappa shape index (κ1) is 15.4. The topological polar surface area (TPSA) is 79.8 Å². The molecule has 6 nitrogen and oxygen atoms in total.